The molecule has 0 spiro atoms. The van der Waals surface area contributed by atoms with Crippen molar-refractivity contribution >= 4 is 7.29 Å². The van der Waals surface area contributed by atoms with E-state index in [1.807, 2.05) is 0 Å². The first-order chi connectivity index (χ1) is 6.66. The first kappa shape index (κ1) is 12.0. The normalized spacial score (nSPS) is 26.6. The highest BCUT2D eigenvalue weighted by molar-refractivity contribution is 7.62. The summed E-state index contributed by atoms with van der Waals surface area (Å²) in [6.07, 6.45) is 8.65. The molecule has 1 aliphatic heterocycles. The predicted octanol–water partition coefficient (Wildman–Crippen LogP) is 3.39. The molecule has 0 aromatic rings. The van der Waals surface area contributed by atoms with Crippen molar-refractivity contribution in [1.29, 1.82) is 0 Å². The lowest BCUT2D eigenvalue weighted by Gasteiger charge is -2.13. The lowest BCUT2D eigenvalue weighted by molar-refractivity contribution is 0.564. The van der Waals surface area contributed by atoms with Gasteiger partial charge in [-0.25, -0.2) is 0 Å². The van der Waals surface area contributed by atoms with Crippen molar-refractivity contribution in [1.82, 2.24) is 5.09 Å². The average molecular weight is 215 g/mol. The summed E-state index contributed by atoms with van der Waals surface area (Å²) in [6.45, 7) is 5.20. The Balaban J connectivity index is 2.10. The lowest BCUT2D eigenvalue weighted by atomic mass is 10.2. The molecule has 0 amide bonds. The van der Waals surface area contributed by atoms with E-state index in [9.17, 15) is 4.57 Å². The van der Waals surface area contributed by atoms with Gasteiger partial charge in [0, 0.05) is 18.9 Å². The van der Waals surface area contributed by atoms with E-state index < -0.39 is 7.29 Å². The highest BCUT2D eigenvalue weighted by Crippen LogP contribution is 2.47. The van der Waals surface area contributed by atoms with Crippen LogP contribution in [0.2, 0.25) is 0 Å². The average Bonchev–Trinajstić information content (AvgIpc) is 2.47. The molecule has 0 saturated carbocycles. The van der Waals surface area contributed by atoms with E-state index in [1.165, 1.54) is 24.8 Å². The molecule has 82 valence electrons. The van der Waals surface area contributed by atoms with Gasteiger partial charge in [-0.05, 0) is 13.3 Å². The third-order valence-corrected chi connectivity index (χ3v) is 5.25. The van der Waals surface area contributed by atoms with Gasteiger partial charge < -0.3 is 4.57 Å². The molecule has 3 heteroatoms. The minimum Gasteiger partial charge on any atom is -0.306 e. The Bertz CT molecular complexity index is 248. The number of rotatable bonds is 6. The van der Waals surface area contributed by atoms with Crippen molar-refractivity contribution in [3.8, 4) is 0 Å². The maximum Gasteiger partial charge on any atom is 0.155 e. The van der Waals surface area contributed by atoms with Crippen LogP contribution in [0.3, 0.4) is 0 Å². The molecule has 0 bridgehead atoms. The van der Waals surface area contributed by atoms with Gasteiger partial charge in [0.1, 0.15) is 0 Å². The molecule has 0 aromatic heterocycles. The molecule has 2 nitrogen and oxygen atoms in total. The molecule has 1 atom stereocenters. The van der Waals surface area contributed by atoms with Crippen LogP contribution in [0.25, 0.3) is 0 Å². The van der Waals surface area contributed by atoms with Gasteiger partial charge in [0.2, 0.25) is 0 Å². The Kier molecular flexibility index (Phi) is 4.91. The summed E-state index contributed by atoms with van der Waals surface area (Å²) in [7, 11) is -2.02. The van der Waals surface area contributed by atoms with Crippen molar-refractivity contribution in [2.45, 2.75) is 39.5 Å². The van der Waals surface area contributed by atoms with Crippen molar-refractivity contribution < 1.29 is 4.57 Å². The highest BCUT2D eigenvalue weighted by atomic mass is 31.2. The Hall–Kier alpha value is -0.0700. The summed E-state index contributed by atoms with van der Waals surface area (Å²) >= 11 is 0. The van der Waals surface area contributed by atoms with Crippen LogP contribution in [-0.2, 0) is 4.57 Å². The molecule has 1 aliphatic rings. The zero-order valence-electron chi connectivity index (χ0n) is 9.38. The van der Waals surface area contributed by atoms with Gasteiger partial charge in [0.25, 0.3) is 0 Å². The molecule has 1 rings (SSSR count). The smallest absolute Gasteiger partial charge is 0.155 e. The summed E-state index contributed by atoms with van der Waals surface area (Å²) in [5.41, 5.74) is 1.29. The molecule has 0 aliphatic carbocycles. The third kappa shape index (κ3) is 3.98. The monoisotopic (exact) mass is 215 g/mol. The van der Waals surface area contributed by atoms with E-state index in [4.69, 9.17) is 0 Å². The van der Waals surface area contributed by atoms with Crippen LogP contribution in [0.1, 0.15) is 39.5 Å². The van der Waals surface area contributed by atoms with E-state index in [2.05, 4.69) is 25.0 Å². The van der Waals surface area contributed by atoms with E-state index in [0.717, 1.165) is 25.3 Å². The number of nitrogens with one attached hydrogen (secondary N) is 1. The van der Waals surface area contributed by atoms with Crippen molar-refractivity contribution in [2.75, 3.05) is 18.9 Å². The van der Waals surface area contributed by atoms with Crippen molar-refractivity contribution in [2.24, 2.45) is 0 Å². The number of unbranched alkanes of at least 4 members (excludes halogenated alkanes) is 3. The largest absolute Gasteiger partial charge is 0.306 e. The number of hydrogen-bond acceptors (Lipinski definition) is 1. The summed E-state index contributed by atoms with van der Waals surface area (Å²) < 4.78 is 12.1. The Labute approximate surface area is 87.6 Å². The van der Waals surface area contributed by atoms with Crippen LogP contribution in [0, 0.1) is 0 Å². The van der Waals surface area contributed by atoms with Gasteiger partial charge >= 0.3 is 0 Å². The van der Waals surface area contributed by atoms with Gasteiger partial charge in [-0.2, -0.15) is 0 Å². The number of allylic oxidation sites excluding steroid dienone is 2. The summed E-state index contributed by atoms with van der Waals surface area (Å²) in [5, 5.41) is 3.25. The van der Waals surface area contributed by atoms with Crippen molar-refractivity contribution in [3.05, 3.63) is 11.6 Å². The van der Waals surface area contributed by atoms with Crippen molar-refractivity contribution in [3.63, 3.8) is 0 Å². The van der Waals surface area contributed by atoms with Crippen LogP contribution in [0.15, 0.2) is 11.6 Å². The van der Waals surface area contributed by atoms with Gasteiger partial charge in [0.05, 0.1) is 0 Å². The molecule has 1 N–H and O–H groups in total. The van der Waals surface area contributed by atoms with E-state index in [1.54, 1.807) is 0 Å². The third-order valence-electron chi connectivity index (χ3n) is 2.67. The first-order valence-corrected chi connectivity index (χ1v) is 7.73. The molecule has 1 heterocycles. The Morgan fingerprint density at radius 2 is 2.21 bits per heavy atom. The SMILES string of the molecule is CCCCCCN[P@@]1(=O)CC=C(C)C1. The quantitative estimate of drug-likeness (QED) is 0.418. The zero-order chi connectivity index (χ0) is 10.4. The highest BCUT2D eigenvalue weighted by Gasteiger charge is 2.24. The maximum atomic E-state index is 12.1. The van der Waals surface area contributed by atoms with Gasteiger partial charge in [-0.1, -0.05) is 37.8 Å². The van der Waals surface area contributed by atoms with Crippen LogP contribution in [0.4, 0.5) is 0 Å². The fourth-order valence-electron chi connectivity index (χ4n) is 1.79. The van der Waals surface area contributed by atoms with E-state index in [0.29, 0.717) is 0 Å². The summed E-state index contributed by atoms with van der Waals surface area (Å²) in [4.78, 5) is 0. The number of hydrogen-bond donors (Lipinski definition) is 1. The second-order valence-electron chi connectivity index (χ2n) is 4.25. The summed E-state index contributed by atoms with van der Waals surface area (Å²) in [6, 6.07) is 0. The fourth-order valence-corrected chi connectivity index (χ4v) is 4.27. The lowest BCUT2D eigenvalue weighted by Crippen LogP contribution is -2.13. The predicted molar refractivity (Wildman–Crippen MR) is 63.2 cm³/mol. The second kappa shape index (κ2) is 5.72. The van der Waals surface area contributed by atoms with Crippen LogP contribution in [0.5, 0.6) is 0 Å². The minimum absolute atomic E-state index is 0.770. The topological polar surface area (TPSA) is 29.1 Å². The maximum absolute atomic E-state index is 12.1. The fraction of sp³-hybridized carbons (Fsp3) is 0.818. The van der Waals surface area contributed by atoms with E-state index in [-0.39, 0.29) is 0 Å². The van der Waals surface area contributed by atoms with Crippen LogP contribution in [-0.4, -0.2) is 18.9 Å². The second-order valence-corrected chi connectivity index (χ2v) is 7.03. The molecule has 0 saturated heterocycles. The van der Waals surface area contributed by atoms with Crippen LogP contribution >= 0.6 is 7.29 Å². The van der Waals surface area contributed by atoms with E-state index >= 15 is 0 Å². The standard InChI is InChI=1S/C11H22NOP/c1-3-4-5-6-8-12-14(13)9-7-11(2)10-14/h7H,3-6,8-10H2,1-2H3,(H,12,13)/t14-/m1/s1. The first-order valence-electron chi connectivity index (χ1n) is 5.65. The molecular formula is C11H22NOP. The zero-order valence-corrected chi connectivity index (χ0v) is 10.3. The Morgan fingerprint density at radius 3 is 2.79 bits per heavy atom. The minimum atomic E-state index is -2.02. The van der Waals surface area contributed by atoms with Gasteiger partial charge in [-0.15, -0.1) is 0 Å². The van der Waals surface area contributed by atoms with Gasteiger partial charge in [-0.3, -0.25) is 5.09 Å². The Morgan fingerprint density at radius 1 is 1.43 bits per heavy atom. The summed E-state index contributed by atoms with van der Waals surface area (Å²) in [5.74, 6) is 0. The molecule has 0 unspecified atom stereocenters. The molecular weight excluding hydrogens is 193 g/mol. The molecule has 0 fully saturated rings. The van der Waals surface area contributed by atoms with Crippen LogP contribution < -0.4 is 5.09 Å². The molecule has 0 radical (unpaired) electrons. The molecule has 0 aromatic carbocycles. The van der Waals surface area contributed by atoms with Gasteiger partial charge in [0.15, 0.2) is 7.29 Å². The molecule has 14 heavy (non-hydrogen) atoms.